The Morgan fingerprint density at radius 3 is 1.64 bits per heavy atom. The predicted molar refractivity (Wildman–Crippen MR) is 204 cm³/mol. The average molecular weight is 639 g/mol. The third-order valence-corrected chi connectivity index (χ3v) is 11.3. The molecule has 1 aliphatic heterocycles. The molecular weight excluding hydrogens is 609 g/mol. The number of hydrogen-bond acceptors (Lipinski definition) is 4. The van der Waals surface area contributed by atoms with Gasteiger partial charge in [-0.1, -0.05) is 133 Å². The molecule has 8 aromatic rings. The van der Waals surface area contributed by atoms with Crippen molar-refractivity contribution in [2.45, 2.75) is 10.3 Å². The van der Waals surface area contributed by atoms with E-state index >= 15 is 0 Å². The Labute approximate surface area is 283 Å². The molecule has 1 unspecified atom stereocenters. The fourth-order valence-corrected chi connectivity index (χ4v) is 8.91. The van der Waals surface area contributed by atoms with E-state index in [4.69, 9.17) is 0 Å². The van der Waals surface area contributed by atoms with Gasteiger partial charge >= 0.3 is 0 Å². The van der Waals surface area contributed by atoms with Gasteiger partial charge in [0.15, 0.2) is 0 Å². The zero-order valence-corrected chi connectivity index (χ0v) is 27.1. The van der Waals surface area contributed by atoms with Gasteiger partial charge in [0.2, 0.25) is 0 Å². The third-order valence-electron chi connectivity index (χ3n) is 8.92. The van der Waals surface area contributed by atoms with E-state index in [1.807, 2.05) is 23.1 Å². The van der Waals surface area contributed by atoms with Gasteiger partial charge in [-0.25, -0.2) is 0 Å². The van der Waals surface area contributed by atoms with Gasteiger partial charge in [-0.05, 0) is 76.3 Å². The van der Waals surface area contributed by atoms with Crippen LogP contribution in [0.4, 0.5) is 22.7 Å². The highest BCUT2D eigenvalue weighted by molar-refractivity contribution is 8.00. The molecule has 2 heterocycles. The third kappa shape index (κ3) is 5.16. The molecule has 224 valence electrons. The monoisotopic (exact) mass is 638 g/mol. The van der Waals surface area contributed by atoms with E-state index in [9.17, 15) is 0 Å². The largest absolute Gasteiger partial charge is 0.368 e. The summed E-state index contributed by atoms with van der Waals surface area (Å²) in [6.07, 6.45) is 0. The summed E-state index contributed by atoms with van der Waals surface area (Å²) in [6.45, 7) is 0. The molecule has 1 atom stereocenters. The van der Waals surface area contributed by atoms with E-state index in [2.05, 4.69) is 180 Å². The van der Waals surface area contributed by atoms with Crippen LogP contribution in [0, 0.1) is 0 Å². The molecule has 9 rings (SSSR count). The summed E-state index contributed by atoms with van der Waals surface area (Å²) < 4.78 is 2.59. The molecule has 1 aromatic heterocycles. The van der Waals surface area contributed by atoms with Crippen molar-refractivity contribution in [1.82, 2.24) is 0 Å². The molecule has 1 N–H and O–H groups in total. The highest BCUT2D eigenvalue weighted by Crippen LogP contribution is 2.52. The highest BCUT2D eigenvalue weighted by Gasteiger charge is 2.25. The minimum atomic E-state index is 0.219. The van der Waals surface area contributed by atoms with Gasteiger partial charge in [0.1, 0.15) is 5.37 Å². The normalized spacial score (nSPS) is 13.8. The first-order valence-electron chi connectivity index (χ1n) is 15.9. The Hall–Kier alpha value is -5.29. The SMILES string of the molecule is c1ccc(-c2ccc(N(c3ccc(-c4ccccc4)cc3)c3cccc4sc5cc6c(cc5c34)SC(c3ccccc3)N6)cc2)cc1. The van der Waals surface area contributed by atoms with Crippen LogP contribution in [-0.2, 0) is 0 Å². The average Bonchev–Trinajstić information content (AvgIpc) is 3.73. The van der Waals surface area contributed by atoms with Gasteiger partial charge in [-0.15, -0.1) is 11.3 Å². The fourth-order valence-electron chi connectivity index (χ4n) is 6.60. The maximum atomic E-state index is 3.77. The number of thioether (sulfide) groups is 1. The number of nitrogens with zero attached hydrogens (tertiary/aromatic N) is 1. The molecule has 0 fully saturated rings. The van der Waals surface area contributed by atoms with Crippen molar-refractivity contribution < 1.29 is 0 Å². The topological polar surface area (TPSA) is 15.3 Å². The van der Waals surface area contributed by atoms with Gasteiger partial charge in [-0.2, -0.15) is 0 Å². The van der Waals surface area contributed by atoms with Crippen LogP contribution in [0.3, 0.4) is 0 Å². The molecule has 0 aliphatic carbocycles. The van der Waals surface area contributed by atoms with Crippen LogP contribution in [0.15, 0.2) is 175 Å². The summed E-state index contributed by atoms with van der Waals surface area (Å²) in [5, 5.41) is 6.58. The van der Waals surface area contributed by atoms with Crippen LogP contribution in [0.1, 0.15) is 10.9 Å². The van der Waals surface area contributed by atoms with E-state index in [1.165, 1.54) is 64.3 Å². The molecule has 7 aromatic carbocycles. The fraction of sp³-hybridized carbons (Fsp3) is 0.0233. The maximum absolute atomic E-state index is 3.77. The van der Waals surface area contributed by atoms with E-state index in [-0.39, 0.29) is 5.37 Å². The Balaban J connectivity index is 1.18. The molecule has 0 spiro atoms. The van der Waals surface area contributed by atoms with Crippen LogP contribution in [-0.4, -0.2) is 0 Å². The zero-order valence-electron chi connectivity index (χ0n) is 25.5. The van der Waals surface area contributed by atoms with Crippen molar-refractivity contribution >= 4 is 66.0 Å². The van der Waals surface area contributed by atoms with E-state index in [0.717, 1.165) is 11.4 Å². The predicted octanol–water partition coefficient (Wildman–Crippen LogP) is 13.1. The summed E-state index contributed by atoms with van der Waals surface area (Å²) >= 11 is 3.77. The molecule has 2 nitrogen and oxygen atoms in total. The summed E-state index contributed by atoms with van der Waals surface area (Å²) in [4.78, 5) is 3.72. The van der Waals surface area contributed by atoms with Crippen molar-refractivity contribution in [3.8, 4) is 22.3 Å². The second kappa shape index (κ2) is 11.8. The lowest BCUT2D eigenvalue weighted by molar-refractivity contribution is 1.14. The van der Waals surface area contributed by atoms with Crippen LogP contribution >= 0.6 is 23.1 Å². The maximum Gasteiger partial charge on any atom is 0.103 e. The molecule has 0 radical (unpaired) electrons. The smallest absolute Gasteiger partial charge is 0.103 e. The van der Waals surface area contributed by atoms with Crippen LogP contribution in [0.5, 0.6) is 0 Å². The summed E-state index contributed by atoms with van der Waals surface area (Å²) in [5.41, 5.74) is 10.8. The minimum Gasteiger partial charge on any atom is -0.368 e. The van der Waals surface area contributed by atoms with Crippen molar-refractivity contribution in [2.75, 3.05) is 10.2 Å². The first-order chi connectivity index (χ1) is 23.3. The van der Waals surface area contributed by atoms with Crippen LogP contribution in [0.25, 0.3) is 42.4 Å². The van der Waals surface area contributed by atoms with Gasteiger partial charge in [0.05, 0.1) is 11.4 Å². The zero-order chi connectivity index (χ0) is 31.2. The molecule has 0 saturated heterocycles. The molecule has 0 bridgehead atoms. The van der Waals surface area contributed by atoms with Crippen LogP contribution in [0.2, 0.25) is 0 Å². The molecular formula is C43H30N2S2. The summed E-state index contributed by atoms with van der Waals surface area (Å²) in [6, 6.07) is 61.4. The van der Waals surface area contributed by atoms with E-state index < -0.39 is 0 Å². The van der Waals surface area contributed by atoms with Gasteiger partial charge in [0, 0.05) is 36.4 Å². The number of thiophene rings is 1. The summed E-state index contributed by atoms with van der Waals surface area (Å²) in [7, 11) is 0. The Kier molecular flexibility index (Phi) is 7.03. The molecule has 47 heavy (non-hydrogen) atoms. The molecule has 1 aliphatic rings. The number of nitrogens with one attached hydrogen (secondary N) is 1. The number of fused-ring (bicyclic) bond motifs is 4. The highest BCUT2D eigenvalue weighted by atomic mass is 32.2. The number of rotatable bonds is 6. The molecule has 4 heteroatoms. The quantitative estimate of drug-likeness (QED) is 0.195. The second-order valence-electron chi connectivity index (χ2n) is 11.8. The standard InChI is InChI=1S/C43H30N2S2/c1-4-11-29(12-5-1)31-19-23-34(24-20-31)45(35-25-21-32(22-26-35)30-13-6-2-7-14-30)38-17-10-18-39-42(38)36-27-41-37(28-40(36)46-39)44-43(47-41)33-15-8-3-9-16-33/h1-28,43-44H. The first-order valence-corrected chi connectivity index (χ1v) is 17.6. The second-order valence-corrected chi connectivity index (χ2v) is 14.0. The molecule has 0 amide bonds. The number of benzene rings is 7. The van der Waals surface area contributed by atoms with E-state index in [0.29, 0.717) is 0 Å². The van der Waals surface area contributed by atoms with Crippen LogP contribution < -0.4 is 10.2 Å². The van der Waals surface area contributed by atoms with Crippen molar-refractivity contribution in [1.29, 1.82) is 0 Å². The van der Waals surface area contributed by atoms with Gasteiger partial charge in [0.25, 0.3) is 0 Å². The number of hydrogen-bond donors (Lipinski definition) is 1. The Morgan fingerprint density at radius 2 is 1.04 bits per heavy atom. The van der Waals surface area contributed by atoms with Crippen molar-refractivity contribution in [3.05, 3.63) is 175 Å². The van der Waals surface area contributed by atoms with Crippen molar-refractivity contribution in [3.63, 3.8) is 0 Å². The first kappa shape index (κ1) is 28.0. The van der Waals surface area contributed by atoms with E-state index in [1.54, 1.807) is 0 Å². The lowest BCUT2D eigenvalue weighted by Crippen LogP contribution is -2.10. The van der Waals surface area contributed by atoms with Crippen molar-refractivity contribution in [2.24, 2.45) is 0 Å². The molecule has 0 saturated carbocycles. The number of anilines is 4. The van der Waals surface area contributed by atoms with Gasteiger partial charge < -0.3 is 10.2 Å². The van der Waals surface area contributed by atoms with Gasteiger partial charge in [-0.3, -0.25) is 0 Å². The lowest BCUT2D eigenvalue weighted by atomic mass is 10.0. The minimum absolute atomic E-state index is 0.219. The Bertz CT molecular complexity index is 2250. The Morgan fingerprint density at radius 1 is 0.489 bits per heavy atom. The lowest BCUT2D eigenvalue weighted by Gasteiger charge is -2.27. The summed E-state index contributed by atoms with van der Waals surface area (Å²) in [5.74, 6) is 0.